The average Bonchev–Trinajstić information content (AvgIpc) is 2.50. The third-order valence-electron chi connectivity index (χ3n) is 3.33. The van der Waals surface area contributed by atoms with Gasteiger partial charge < -0.3 is 9.64 Å². The van der Waals surface area contributed by atoms with Crippen molar-refractivity contribution in [2.45, 2.75) is 12.3 Å². The Hall–Kier alpha value is -2.91. The third-order valence-corrected chi connectivity index (χ3v) is 3.33. The van der Waals surface area contributed by atoms with Crippen LogP contribution in [0.3, 0.4) is 0 Å². The molecule has 0 unspecified atom stereocenters. The minimum absolute atomic E-state index is 0.0743. The van der Waals surface area contributed by atoms with Gasteiger partial charge in [-0.05, 0) is 12.1 Å². The Bertz CT molecular complexity index is 795. The summed E-state index contributed by atoms with van der Waals surface area (Å²) in [6.45, 7) is 0.384. The SMILES string of the molecule is O=C(c1ccc(=O)[nH]n1)N1CC(Oc2cccc(C(F)(F)F)n2)C1. The van der Waals surface area contributed by atoms with Crippen molar-refractivity contribution >= 4 is 5.91 Å². The number of hydrogen-bond acceptors (Lipinski definition) is 5. The molecule has 2 aromatic rings. The van der Waals surface area contributed by atoms with Gasteiger partial charge in [0.1, 0.15) is 17.5 Å². The van der Waals surface area contributed by atoms with Gasteiger partial charge in [-0.25, -0.2) is 10.1 Å². The smallest absolute Gasteiger partial charge is 0.433 e. The lowest BCUT2D eigenvalue weighted by molar-refractivity contribution is -0.141. The van der Waals surface area contributed by atoms with Gasteiger partial charge in [-0.1, -0.05) is 6.07 Å². The molecule has 2 aromatic heterocycles. The lowest BCUT2D eigenvalue weighted by Crippen LogP contribution is -2.56. The molecule has 1 N–H and O–H groups in total. The van der Waals surface area contributed by atoms with E-state index in [4.69, 9.17) is 4.74 Å². The fourth-order valence-corrected chi connectivity index (χ4v) is 2.11. The second-order valence-corrected chi connectivity index (χ2v) is 5.12. The number of rotatable bonds is 3. The van der Waals surface area contributed by atoms with Gasteiger partial charge in [0.2, 0.25) is 5.88 Å². The molecule has 0 radical (unpaired) electrons. The number of amides is 1. The van der Waals surface area contributed by atoms with Crippen molar-refractivity contribution in [3.05, 3.63) is 52.1 Å². The molecule has 126 valence electrons. The minimum atomic E-state index is -4.54. The Kier molecular flexibility index (Phi) is 3.96. The highest BCUT2D eigenvalue weighted by molar-refractivity contribution is 5.92. The van der Waals surface area contributed by atoms with E-state index in [1.165, 1.54) is 29.2 Å². The van der Waals surface area contributed by atoms with Crippen LogP contribution in [0.2, 0.25) is 0 Å². The van der Waals surface area contributed by atoms with E-state index in [0.29, 0.717) is 0 Å². The number of H-pyrrole nitrogens is 1. The molecule has 0 saturated carbocycles. The first-order valence-electron chi connectivity index (χ1n) is 6.89. The zero-order chi connectivity index (χ0) is 17.3. The molecule has 0 aliphatic carbocycles. The topological polar surface area (TPSA) is 88.2 Å². The Balaban J connectivity index is 1.58. The fourth-order valence-electron chi connectivity index (χ4n) is 2.11. The number of pyridine rings is 1. The number of carbonyl (C=O) groups is 1. The van der Waals surface area contributed by atoms with Crippen molar-refractivity contribution in [2.24, 2.45) is 0 Å². The molecular weight excluding hydrogens is 329 g/mol. The van der Waals surface area contributed by atoms with Gasteiger partial charge in [-0.15, -0.1) is 0 Å². The molecule has 0 atom stereocenters. The number of likely N-dealkylation sites (tertiary alicyclic amines) is 1. The van der Waals surface area contributed by atoms with Crippen molar-refractivity contribution in [3.8, 4) is 5.88 Å². The highest BCUT2D eigenvalue weighted by Gasteiger charge is 2.35. The zero-order valence-corrected chi connectivity index (χ0v) is 12.1. The average molecular weight is 340 g/mol. The van der Waals surface area contributed by atoms with Crippen LogP contribution in [-0.2, 0) is 6.18 Å². The summed E-state index contributed by atoms with van der Waals surface area (Å²) in [6, 6.07) is 5.86. The molecule has 0 aromatic carbocycles. The van der Waals surface area contributed by atoms with Crippen LogP contribution in [0.4, 0.5) is 13.2 Å². The lowest BCUT2D eigenvalue weighted by Gasteiger charge is -2.38. The molecule has 24 heavy (non-hydrogen) atoms. The van der Waals surface area contributed by atoms with Crippen molar-refractivity contribution in [2.75, 3.05) is 13.1 Å². The normalized spacial score (nSPS) is 15.0. The molecule has 1 fully saturated rings. The first-order chi connectivity index (χ1) is 11.3. The molecule has 0 bridgehead atoms. The Morgan fingerprint density at radius 1 is 1.25 bits per heavy atom. The van der Waals surface area contributed by atoms with Gasteiger partial charge in [-0.2, -0.15) is 18.3 Å². The number of ether oxygens (including phenoxy) is 1. The summed E-state index contributed by atoms with van der Waals surface area (Å²) in [4.78, 5) is 27.7. The molecule has 0 spiro atoms. The second-order valence-electron chi connectivity index (χ2n) is 5.12. The molecule has 1 amide bonds. The van der Waals surface area contributed by atoms with E-state index >= 15 is 0 Å². The van der Waals surface area contributed by atoms with Crippen molar-refractivity contribution < 1.29 is 22.7 Å². The highest BCUT2D eigenvalue weighted by atomic mass is 19.4. The number of aromatic nitrogens is 3. The summed E-state index contributed by atoms with van der Waals surface area (Å²) in [7, 11) is 0. The third kappa shape index (κ3) is 3.36. The van der Waals surface area contributed by atoms with Gasteiger partial charge in [0, 0.05) is 12.1 Å². The Morgan fingerprint density at radius 2 is 2.00 bits per heavy atom. The Morgan fingerprint density at radius 3 is 2.62 bits per heavy atom. The number of carbonyl (C=O) groups excluding carboxylic acids is 1. The predicted octanol–water partition coefficient (Wildman–Crippen LogP) is 1.09. The van der Waals surface area contributed by atoms with Crippen molar-refractivity contribution in [3.63, 3.8) is 0 Å². The molecule has 7 nitrogen and oxygen atoms in total. The van der Waals surface area contributed by atoms with Crippen LogP contribution in [0.15, 0.2) is 35.1 Å². The monoisotopic (exact) mass is 340 g/mol. The summed E-state index contributed by atoms with van der Waals surface area (Å²) < 4.78 is 43.1. The lowest BCUT2D eigenvalue weighted by atomic mass is 10.1. The zero-order valence-electron chi connectivity index (χ0n) is 12.1. The van der Waals surface area contributed by atoms with E-state index in [0.717, 1.165) is 6.07 Å². The standard InChI is InChI=1S/C14H11F3N4O3/c15-14(16,17)10-2-1-3-12(18-10)24-8-6-21(7-8)13(23)9-4-5-11(22)20-19-9/h1-5,8H,6-7H2,(H,20,22). The summed E-state index contributed by atoms with van der Waals surface area (Å²) in [5, 5.41) is 5.78. The first-order valence-corrected chi connectivity index (χ1v) is 6.89. The van der Waals surface area contributed by atoms with Gasteiger partial charge in [-0.3, -0.25) is 9.59 Å². The van der Waals surface area contributed by atoms with Gasteiger partial charge in [0.25, 0.3) is 11.5 Å². The summed E-state index contributed by atoms with van der Waals surface area (Å²) in [5.74, 6) is -0.549. The highest BCUT2D eigenvalue weighted by Crippen LogP contribution is 2.29. The van der Waals surface area contributed by atoms with Crippen molar-refractivity contribution in [1.29, 1.82) is 0 Å². The number of hydrogen-bond donors (Lipinski definition) is 1. The quantitative estimate of drug-likeness (QED) is 0.904. The maximum atomic E-state index is 12.6. The number of halogens is 3. The minimum Gasteiger partial charge on any atom is -0.471 e. The number of alkyl halides is 3. The number of nitrogens with zero attached hydrogens (tertiary/aromatic N) is 3. The van der Waals surface area contributed by atoms with E-state index in [9.17, 15) is 22.8 Å². The molecule has 3 heterocycles. The second kappa shape index (κ2) is 5.95. The Labute approximate surface area is 133 Å². The van der Waals surface area contributed by atoms with E-state index in [2.05, 4.69) is 15.2 Å². The van der Waals surface area contributed by atoms with Crippen LogP contribution in [0.1, 0.15) is 16.2 Å². The van der Waals surface area contributed by atoms with E-state index in [1.807, 2.05) is 0 Å². The van der Waals surface area contributed by atoms with Crippen molar-refractivity contribution in [1.82, 2.24) is 20.1 Å². The van der Waals surface area contributed by atoms with E-state index in [-0.39, 0.29) is 24.7 Å². The molecule has 3 rings (SSSR count). The summed E-state index contributed by atoms with van der Waals surface area (Å²) in [6.07, 6.45) is -5.00. The molecule has 1 aliphatic rings. The van der Waals surface area contributed by atoms with Crippen LogP contribution in [0.5, 0.6) is 5.88 Å². The predicted molar refractivity (Wildman–Crippen MR) is 74.4 cm³/mol. The molecular formula is C14H11F3N4O3. The van der Waals surface area contributed by atoms with Crippen LogP contribution in [0.25, 0.3) is 0 Å². The summed E-state index contributed by atoms with van der Waals surface area (Å²) >= 11 is 0. The van der Waals surface area contributed by atoms with Gasteiger partial charge in [0.05, 0.1) is 13.1 Å². The summed E-state index contributed by atoms with van der Waals surface area (Å²) in [5.41, 5.74) is -1.39. The number of nitrogens with one attached hydrogen (secondary N) is 1. The maximum absolute atomic E-state index is 12.6. The van der Waals surface area contributed by atoms with Crippen LogP contribution in [-0.4, -0.2) is 45.2 Å². The largest absolute Gasteiger partial charge is 0.471 e. The molecule has 1 aliphatic heterocycles. The van der Waals surface area contributed by atoms with Gasteiger partial charge >= 0.3 is 6.18 Å². The maximum Gasteiger partial charge on any atom is 0.433 e. The van der Waals surface area contributed by atoms with Crippen LogP contribution < -0.4 is 10.3 Å². The molecule has 1 saturated heterocycles. The van der Waals surface area contributed by atoms with Crippen LogP contribution in [0, 0.1) is 0 Å². The van der Waals surface area contributed by atoms with E-state index < -0.39 is 29.4 Å². The fraction of sp³-hybridized carbons (Fsp3) is 0.286. The van der Waals surface area contributed by atoms with Gasteiger partial charge in [0.15, 0.2) is 0 Å². The van der Waals surface area contributed by atoms with E-state index in [1.54, 1.807) is 0 Å². The number of aromatic amines is 1. The van der Waals surface area contributed by atoms with Crippen LogP contribution >= 0.6 is 0 Å². The first kappa shape index (κ1) is 16.0. The molecule has 10 heteroatoms.